The lowest BCUT2D eigenvalue weighted by Gasteiger charge is -2.02. The highest BCUT2D eigenvalue weighted by Gasteiger charge is 2.28. The van der Waals surface area contributed by atoms with Crippen molar-refractivity contribution in [3.05, 3.63) is 66.2 Å². The number of benzene rings is 3. The second-order valence-corrected chi connectivity index (χ2v) is 9.01. The minimum absolute atomic E-state index is 0.941. The first-order chi connectivity index (χ1) is 13.2. The summed E-state index contributed by atoms with van der Waals surface area (Å²) in [6.45, 7) is 2.17. The standard InChI is InChI=1S/C23H16NOS2/c1-13-11-12-15-14-7-3-5-9-17(14)26-21(15)19(13)22-24(2)23-20(25-22)16-8-4-6-10-18(16)27-23/h3-12H,1-2H3/q+1. The number of oxazole rings is 1. The van der Waals surface area contributed by atoms with Gasteiger partial charge in [-0.25, -0.2) is 0 Å². The Kier molecular flexibility index (Phi) is 3.08. The van der Waals surface area contributed by atoms with Crippen LogP contribution in [0.3, 0.4) is 0 Å². The third-order valence-corrected chi connectivity index (χ3v) is 7.74. The maximum absolute atomic E-state index is 6.50. The van der Waals surface area contributed by atoms with Crippen LogP contribution in [0.1, 0.15) is 5.56 Å². The van der Waals surface area contributed by atoms with Gasteiger partial charge in [0, 0.05) is 25.6 Å². The fraction of sp³-hybridized carbons (Fsp3) is 0.0870. The van der Waals surface area contributed by atoms with Gasteiger partial charge >= 0.3 is 10.7 Å². The highest BCUT2D eigenvalue weighted by molar-refractivity contribution is 7.26. The molecule has 130 valence electrons. The Morgan fingerprint density at radius 2 is 1.48 bits per heavy atom. The molecule has 0 aliphatic rings. The fourth-order valence-corrected chi connectivity index (χ4v) is 6.34. The molecule has 0 bridgehead atoms. The van der Waals surface area contributed by atoms with Gasteiger partial charge < -0.3 is 4.42 Å². The molecule has 4 heteroatoms. The predicted octanol–water partition coefficient (Wildman–Crippen LogP) is 6.82. The van der Waals surface area contributed by atoms with Gasteiger partial charge in [-0.1, -0.05) is 53.8 Å². The topological polar surface area (TPSA) is 17.0 Å². The Balaban J connectivity index is 1.74. The summed E-state index contributed by atoms with van der Waals surface area (Å²) >= 11 is 3.64. The number of aromatic nitrogens is 1. The van der Waals surface area contributed by atoms with E-state index < -0.39 is 0 Å². The molecule has 0 amide bonds. The third kappa shape index (κ3) is 2.02. The Hall–Kier alpha value is -2.69. The molecule has 3 aromatic carbocycles. The van der Waals surface area contributed by atoms with Crippen LogP contribution in [0.25, 0.3) is 52.1 Å². The Labute approximate surface area is 163 Å². The third-order valence-electron chi connectivity index (χ3n) is 5.31. The van der Waals surface area contributed by atoms with Crippen LogP contribution in [0, 0.1) is 6.92 Å². The molecule has 0 N–H and O–H groups in total. The minimum atomic E-state index is 0.941. The quantitative estimate of drug-likeness (QED) is 0.284. The number of rotatable bonds is 1. The molecular formula is C23H16NOS2+. The molecule has 3 aromatic heterocycles. The van der Waals surface area contributed by atoms with Crippen LogP contribution >= 0.6 is 22.7 Å². The van der Waals surface area contributed by atoms with E-state index in [1.54, 1.807) is 11.3 Å². The van der Waals surface area contributed by atoms with Crippen LogP contribution in [0.5, 0.6) is 0 Å². The maximum Gasteiger partial charge on any atom is 0.383 e. The van der Waals surface area contributed by atoms with Crippen molar-refractivity contribution < 1.29 is 8.98 Å². The van der Waals surface area contributed by atoms with E-state index in [1.165, 1.54) is 46.2 Å². The summed E-state index contributed by atoms with van der Waals surface area (Å²) in [6.07, 6.45) is 0. The monoisotopic (exact) mass is 386 g/mol. The van der Waals surface area contributed by atoms with Crippen LogP contribution in [0.4, 0.5) is 0 Å². The number of hydrogen-bond acceptors (Lipinski definition) is 3. The molecule has 27 heavy (non-hydrogen) atoms. The van der Waals surface area contributed by atoms with Crippen molar-refractivity contribution in [1.82, 2.24) is 0 Å². The van der Waals surface area contributed by atoms with Gasteiger partial charge in [0.2, 0.25) is 5.58 Å². The van der Waals surface area contributed by atoms with Gasteiger partial charge in [0.1, 0.15) is 12.6 Å². The molecule has 3 heterocycles. The van der Waals surface area contributed by atoms with Crippen molar-refractivity contribution in [3.8, 4) is 11.5 Å². The minimum Gasteiger partial charge on any atom is -0.396 e. The molecule has 2 nitrogen and oxygen atoms in total. The summed E-state index contributed by atoms with van der Waals surface area (Å²) in [6, 6.07) is 21.6. The second-order valence-electron chi connectivity index (χ2n) is 6.93. The number of hydrogen-bond donors (Lipinski definition) is 0. The normalized spacial score (nSPS) is 12.1. The van der Waals surface area contributed by atoms with Crippen LogP contribution in [-0.4, -0.2) is 0 Å². The molecular weight excluding hydrogens is 370 g/mol. The zero-order valence-electron chi connectivity index (χ0n) is 14.9. The van der Waals surface area contributed by atoms with Crippen LogP contribution in [0.2, 0.25) is 0 Å². The number of fused-ring (bicyclic) bond motifs is 6. The maximum atomic E-state index is 6.50. The Morgan fingerprint density at radius 1 is 0.778 bits per heavy atom. The molecule has 6 aromatic rings. The summed E-state index contributed by atoms with van der Waals surface area (Å²) in [5, 5.41) is 3.82. The lowest BCUT2D eigenvalue weighted by Crippen LogP contribution is -2.28. The highest BCUT2D eigenvalue weighted by Crippen LogP contribution is 2.42. The molecule has 0 atom stereocenters. The Morgan fingerprint density at radius 3 is 2.30 bits per heavy atom. The fourth-order valence-electron chi connectivity index (χ4n) is 3.96. The van der Waals surface area contributed by atoms with E-state index in [0.29, 0.717) is 0 Å². The van der Waals surface area contributed by atoms with Gasteiger partial charge in [-0.2, -0.15) is 0 Å². The number of aryl methyl sites for hydroxylation is 2. The van der Waals surface area contributed by atoms with Gasteiger partial charge in [0.25, 0.3) is 0 Å². The first-order valence-electron chi connectivity index (χ1n) is 8.93. The smallest absolute Gasteiger partial charge is 0.383 e. The molecule has 0 spiro atoms. The van der Waals surface area contributed by atoms with E-state index in [-0.39, 0.29) is 0 Å². The number of nitrogens with zero attached hydrogens (tertiary/aromatic N) is 1. The summed E-state index contributed by atoms with van der Waals surface area (Å²) in [4.78, 5) is 1.18. The van der Waals surface area contributed by atoms with Crippen LogP contribution < -0.4 is 4.57 Å². The summed E-state index contributed by atoms with van der Waals surface area (Å²) < 4.78 is 12.6. The molecule has 0 aliphatic carbocycles. The van der Waals surface area contributed by atoms with E-state index in [0.717, 1.165) is 11.5 Å². The molecule has 0 radical (unpaired) electrons. The average Bonchev–Trinajstić information content (AvgIpc) is 3.33. The van der Waals surface area contributed by atoms with E-state index in [9.17, 15) is 0 Å². The zero-order chi connectivity index (χ0) is 18.1. The zero-order valence-corrected chi connectivity index (χ0v) is 16.6. The predicted molar refractivity (Wildman–Crippen MR) is 116 cm³/mol. The van der Waals surface area contributed by atoms with Gasteiger partial charge in [-0.05, 0) is 30.7 Å². The van der Waals surface area contributed by atoms with Crippen molar-refractivity contribution in [1.29, 1.82) is 0 Å². The molecule has 0 saturated carbocycles. The van der Waals surface area contributed by atoms with E-state index in [1.807, 2.05) is 11.3 Å². The van der Waals surface area contributed by atoms with Gasteiger partial charge in [0.15, 0.2) is 0 Å². The summed E-state index contributed by atoms with van der Waals surface area (Å²) in [5.41, 5.74) is 3.45. The van der Waals surface area contributed by atoms with Crippen LogP contribution in [0.15, 0.2) is 65.1 Å². The average molecular weight is 387 g/mol. The molecule has 0 aliphatic heterocycles. The molecule has 0 unspecified atom stereocenters. The van der Waals surface area contributed by atoms with Gasteiger partial charge in [0.05, 0.1) is 4.70 Å². The van der Waals surface area contributed by atoms with Gasteiger partial charge in [-0.3, -0.25) is 0 Å². The van der Waals surface area contributed by atoms with E-state index in [4.69, 9.17) is 4.42 Å². The van der Waals surface area contributed by atoms with Crippen molar-refractivity contribution in [3.63, 3.8) is 0 Å². The van der Waals surface area contributed by atoms with Crippen molar-refractivity contribution in [2.45, 2.75) is 6.92 Å². The SMILES string of the molecule is Cc1ccc2c(sc3ccccc32)c1-c1oc2c3ccccc3sc2[n+]1C. The highest BCUT2D eigenvalue weighted by atomic mass is 32.1. The summed E-state index contributed by atoms with van der Waals surface area (Å²) in [5.74, 6) is 0.941. The number of thiophene rings is 2. The first-order valence-corrected chi connectivity index (χ1v) is 10.6. The van der Waals surface area contributed by atoms with E-state index in [2.05, 4.69) is 79.2 Å². The largest absolute Gasteiger partial charge is 0.396 e. The van der Waals surface area contributed by atoms with Crippen LogP contribution in [-0.2, 0) is 7.05 Å². The molecule has 0 fully saturated rings. The lowest BCUT2D eigenvalue weighted by atomic mass is 10.0. The van der Waals surface area contributed by atoms with Gasteiger partial charge in [-0.15, -0.1) is 15.9 Å². The lowest BCUT2D eigenvalue weighted by molar-refractivity contribution is -0.635. The van der Waals surface area contributed by atoms with Crippen molar-refractivity contribution in [2.75, 3.05) is 0 Å². The first kappa shape index (κ1) is 15.4. The molecule has 6 rings (SSSR count). The second kappa shape index (κ2) is 5.41. The van der Waals surface area contributed by atoms with Crippen molar-refractivity contribution in [2.24, 2.45) is 7.05 Å². The van der Waals surface area contributed by atoms with Crippen molar-refractivity contribution >= 4 is 63.3 Å². The Bertz CT molecular complexity index is 1500. The molecule has 0 saturated heterocycles. The van der Waals surface area contributed by atoms with E-state index >= 15 is 0 Å². The summed E-state index contributed by atoms with van der Waals surface area (Å²) in [7, 11) is 2.11.